The summed E-state index contributed by atoms with van der Waals surface area (Å²) >= 11 is 1.50. The van der Waals surface area contributed by atoms with Crippen LogP contribution in [0.15, 0.2) is 42.5 Å². The first-order valence-corrected chi connectivity index (χ1v) is 10.5. The van der Waals surface area contributed by atoms with E-state index in [1.165, 1.54) is 11.3 Å². The Hall–Kier alpha value is -2.35. The van der Waals surface area contributed by atoms with Gasteiger partial charge in [-0.3, -0.25) is 9.69 Å². The van der Waals surface area contributed by atoms with Gasteiger partial charge in [-0.2, -0.15) is 0 Å². The highest BCUT2D eigenvalue weighted by Gasteiger charge is 2.22. The molecule has 6 nitrogen and oxygen atoms in total. The molecule has 0 atom stereocenters. The molecule has 0 radical (unpaired) electrons. The largest absolute Gasteiger partial charge is 0.497 e. The number of carbonyl (C=O) groups is 1. The van der Waals surface area contributed by atoms with Crippen LogP contribution in [-0.2, 0) is 0 Å². The summed E-state index contributed by atoms with van der Waals surface area (Å²) in [6.07, 6.45) is 0. The number of likely N-dealkylation sites (N-methyl/N-ethyl adjacent to an activating group) is 1. The number of para-hydroxylation sites is 1. The number of carbonyl (C=O) groups excluding carboxylic acids is 1. The second kappa shape index (κ2) is 11.2. The molecule has 162 valence electrons. The molecule has 0 fully saturated rings. The molecule has 3 rings (SSSR count). The van der Waals surface area contributed by atoms with Crippen molar-refractivity contribution in [3.8, 4) is 11.5 Å². The highest BCUT2D eigenvalue weighted by atomic mass is 35.5. The molecule has 0 aliphatic heterocycles. The summed E-state index contributed by atoms with van der Waals surface area (Å²) in [6.45, 7) is 7.48. The maximum Gasteiger partial charge on any atom is 0.260 e. The first-order chi connectivity index (χ1) is 14.1. The number of methoxy groups -OCH3 is 2. The molecule has 3 aromatic rings. The molecule has 1 aromatic heterocycles. The van der Waals surface area contributed by atoms with E-state index in [9.17, 15) is 4.79 Å². The smallest absolute Gasteiger partial charge is 0.260 e. The van der Waals surface area contributed by atoms with E-state index in [1.54, 1.807) is 43.4 Å². The van der Waals surface area contributed by atoms with Crippen LogP contribution in [0.25, 0.3) is 10.2 Å². The van der Waals surface area contributed by atoms with Crippen LogP contribution in [0.4, 0.5) is 5.13 Å². The number of ether oxygens (including phenoxy) is 2. The molecule has 2 aromatic carbocycles. The van der Waals surface area contributed by atoms with E-state index in [2.05, 4.69) is 18.7 Å². The van der Waals surface area contributed by atoms with Gasteiger partial charge in [-0.1, -0.05) is 31.3 Å². The van der Waals surface area contributed by atoms with Gasteiger partial charge < -0.3 is 14.4 Å². The molecular formula is C22H28ClN3O3S. The van der Waals surface area contributed by atoms with E-state index >= 15 is 0 Å². The van der Waals surface area contributed by atoms with E-state index in [0.29, 0.717) is 23.0 Å². The van der Waals surface area contributed by atoms with E-state index in [-0.39, 0.29) is 18.3 Å². The highest BCUT2D eigenvalue weighted by molar-refractivity contribution is 7.22. The molecule has 1 amide bonds. The van der Waals surface area contributed by atoms with Crippen LogP contribution in [-0.4, -0.2) is 56.2 Å². The molecule has 0 saturated carbocycles. The van der Waals surface area contributed by atoms with Gasteiger partial charge in [0.05, 0.1) is 18.9 Å². The zero-order valence-electron chi connectivity index (χ0n) is 17.8. The highest BCUT2D eigenvalue weighted by Crippen LogP contribution is 2.34. The van der Waals surface area contributed by atoms with Crippen LogP contribution >= 0.6 is 23.7 Å². The number of anilines is 1. The van der Waals surface area contributed by atoms with Gasteiger partial charge in [0, 0.05) is 18.7 Å². The number of fused-ring (bicyclic) bond motifs is 1. The lowest BCUT2D eigenvalue weighted by Crippen LogP contribution is -2.38. The molecule has 0 saturated heterocycles. The second-order valence-corrected chi connectivity index (χ2v) is 7.52. The lowest BCUT2D eigenvalue weighted by Gasteiger charge is -2.24. The molecule has 0 aliphatic carbocycles. The van der Waals surface area contributed by atoms with Crippen LogP contribution in [0.1, 0.15) is 24.2 Å². The maximum absolute atomic E-state index is 13.4. The zero-order valence-corrected chi connectivity index (χ0v) is 19.4. The molecule has 30 heavy (non-hydrogen) atoms. The Morgan fingerprint density at radius 1 is 1.00 bits per heavy atom. The fraction of sp³-hybridized carbons (Fsp3) is 0.364. The minimum Gasteiger partial charge on any atom is -0.497 e. The fourth-order valence-electron chi connectivity index (χ4n) is 3.15. The van der Waals surface area contributed by atoms with Gasteiger partial charge in [-0.15, -0.1) is 12.4 Å². The van der Waals surface area contributed by atoms with Gasteiger partial charge in [0.2, 0.25) is 0 Å². The van der Waals surface area contributed by atoms with Crippen LogP contribution in [0, 0.1) is 0 Å². The number of benzene rings is 2. The monoisotopic (exact) mass is 449 g/mol. The summed E-state index contributed by atoms with van der Waals surface area (Å²) in [7, 11) is 3.25. The number of hydrogen-bond donors (Lipinski definition) is 0. The van der Waals surface area contributed by atoms with Crippen molar-refractivity contribution in [2.75, 3.05) is 45.3 Å². The van der Waals surface area contributed by atoms with E-state index < -0.39 is 0 Å². The first kappa shape index (κ1) is 23.9. The van der Waals surface area contributed by atoms with Crippen molar-refractivity contribution in [2.24, 2.45) is 0 Å². The third kappa shape index (κ3) is 5.22. The molecule has 0 aliphatic rings. The average molecular weight is 450 g/mol. The predicted molar refractivity (Wildman–Crippen MR) is 126 cm³/mol. The van der Waals surface area contributed by atoms with Gasteiger partial charge in [-0.05, 0) is 49.5 Å². The van der Waals surface area contributed by atoms with Crippen molar-refractivity contribution in [3.63, 3.8) is 0 Å². The SMILES string of the molecule is CCN(CC)CCN(C(=O)c1ccc(OC)cc1)c1nc2c(OC)cccc2s1.Cl. The topological polar surface area (TPSA) is 54.9 Å². The van der Waals surface area contributed by atoms with Crippen molar-refractivity contribution in [2.45, 2.75) is 13.8 Å². The van der Waals surface area contributed by atoms with Crippen LogP contribution in [0.2, 0.25) is 0 Å². The molecule has 0 spiro atoms. The van der Waals surface area contributed by atoms with Crippen LogP contribution in [0.5, 0.6) is 11.5 Å². The van der Waals surface area contributed by atoms with Gasteiger partial charge in [-0.25, -0.2) is 4.98 Å². The van der Waals surface area contributed by atoms with Crippen molar-refractivity contribution < 1.29 is 14.3 Å². The number of aromatic nitrogens is 1. The van der Waals surface area contributed by atoms with Crippen molar-refractivity contribution in [1.29, 1.82) is 0 Å². The summed E-state index contributed by atoms with van der Waals surface area (Å²) in [5.74, 6) is 1.37. The Morgan fingerprint density at radius 3 is 2.30 bits per heavy atom. The summed E-state index contributed by atoms with van der Waals surface area (Å²) in [5.41, 5.74) is 1.39. The normalized spacial score (nSPS) is 10.7. The third-order valence-electron chi connectivity index (χ3n) is 4.94. The maximum atomic E-state index is 13.4. The fourth-order valence-corrected chi connectivity index (χ4v) is 4.15. The summed E-state index contributed by atoms with van der Waals surface area (Å²) in [4.78, 5) is 22.2. The van der Waals surface area contributed by atoms with Crippen LogP contribution in [0.3, 0.4) is 0 Å². The molecule has 0 N–H and O–H groups in total. The number of nitrogens with zero attached hydrogens (tertiary/aromatic N) is 3. The van der Waals surface area contributed by atoms with Crippen molar-refractivity contribution in [3.05, 3.63) is 48.0 Å². The molecule has 1 heterocycles. The van der Waals surface area contributed by atoms with Crippen LogP contribution < -0.4 is 14.4 Å². The number of amides is 1. The number of rotatable bonds is 9. The minimum absolute atomic E-state index is 0. The Kier molecular flexibility index (Phi) is 8.89. The predicted octanol–water partition coefficient (Wildman–Crippen LogP) is 4.72. The summed E-state index contributed by atoms with van der Waals surface area (Å²) < 4.78 is 11.6. The van der Waals surface area contributed by atoms with Gasteiger partial charge in [0.15, 0.2) is 5.13 Å². The molecule has 0 bridgehead atoms. The quantitative estimate of drug-likeness (QED) is 0.473. The van der Waals surface area contributed by atoms with E-state index in [0.717, 1.165) is 35.6 Å². The van der Waals surface area contributed by atoms with Gasteiger partial charge >= 0.3 is 0 Å². The third-order valence-corrected chi connectivity index (χ3v) is 5.98. The Balaban J connectivity index is 0.00000320. The van der Waals surface area contributed by atoms with E-state index in [4.69, 9.17) is 14.5 Å². The van der Waals surface area contributed by atoms with Crippen molar-refractivity contribution >= 4 is 45.0 Å². The molecule has 8 heteroatoms. The Morgan fingerprint density at radius 2 is 1.70 bits per heavy atom. The zero-order chi connectivity index (χ0) is 20.8. The standard InChI is InChI=1S/C22H27N3O3S.ClH/c1-5-24(6-2)14-15-25(21(26)16-10-12-17(27-3)13-11-16)22-23-20-18(28-4)8-7-9-19(20)29-22;/h7-13H,5-6,14-15H2,1-4H3;1H. The first-order valence-electron chi connectivity index (χ1n) is 9.73. The van der Waals surface area contributed by atoms with Crippen molar-refractivity contribution in [1.82, 2.24) is 9.88 Å². The number of hydrogen-bond acceptors (Lipinski definition) is 6. The summed E-state index contributed by atoms with van der Waals surface area (Å²) in [6, 6.07) is 13.0. The number of halogens is 1. The molecule has 0 unspecified atom stereocenters. The average Bonchev–Trinajstić information content (AvgIpc) is 3.20. The minimum atomic E-state index is -0.0715. The Bertz CT molecular complexity index is 958. The lowest BCUT2D eigenvalue weighted by molar-refractivity contribution is 0.0983. The lowest BCUT2D eigenvalue weighted by atomic mass is 10.2. The Labute approximate surface area is 187 Å². The second-order valence-electron chi connectivity index (χ2n) is 6.52. The number of thiazole rings is 1. The van der Waals surface area contributed by atoms with Gasteiger partial charge in [0.1, 0.15) is 17.0 Å². The summed E-state index contributed by atoms with van der Waals surface area (Å²) in [5, 5.41) is 0.678. The van der Waals surface area contributed by atoms with Gasteiger partial charge in [0.25, 0.3) is 5.91 Å². The van der Waals surface area contributed by atoms with E-state index in [1.807, 2.05) is 18.2 Å². The molecular weight excluding hydrogens is 422 g/mol.